The normalized spacial score (nSPS) is 14.9. The fourth-order valence-electron chi connectivity index (χ4n) is 1.72. The predicted octanol–water partition coefficient (Wildman–Crippen LogP) is 2.67. The van der Waals surface area contributed by atoms with E-state index in [1.54, 1.807) is 17.0 Å². The van der Waals surface area contributed by atoms with E-state index in [4.69, 9.17) is 11.6 Å². The van der Waals surface area contributed by atoms with Crippen molar-refractivity contribution < 1.29 is 9.18 Å². The first kappa shape index (κ1) is 11.4. The molecule has 0 heterocycles. The van der Waals surface area contributed by atoms with Crippen LogP contribution in [-0.2, 0) is 0 Å². The minimum atomic E-state index is -0.465. The molecule has 0 aromatic heterocycles. The highest BCUT2D eigenvalue weighted by atomic mass is 35.5. The molecule has 1 aromatic rings. The first-order valence-electron chi connectivity index (χ1n) is 5.35. The van der Waals surface area contributed by atoms with Crippen molar-refractivity contribution in [3.63, 3.8) is 0 Å². The molecule has 1 fully saturated rings. The zero-order chi connectivity index (χ0) is 11.5. The molecule has 2 nitrogen and oxygen atoms in total. The van der Waals surface area contributed by atoms with Crippen LogP contribution in [-0.4, -0.2) is 29.3 Å². The summed E-state index contributed by atoms with van der Waals surface area (Å²) in [6.45, 7) is 0.486. The van der Waals surface area contributed by atoms with Crippen molar-refractivity contribution in [3.05, 3.63) is 35.6 Å². The fraction of sp³-hybridized carbons (Fsp3) is 0.417. The van der Waals surface area contributed by atoms with Gasteiger partial charge in [0, 0.05) is 18.5 Å². The van der Waals surface area contributed by atoms with Crippen molar-refractivity contribution in [2.24, 2.45) is 0 Å². The Morgan fingerprint density at radius 2 is 2.12 bits per heavy atom. The third-order valence-corrected chi connectivity index (χ3v) is 2.85. The number of benzene rings is 1. The lowest BCUT2D eigenvalue weighted by Crippen LogP contribution is -2.35. The number of alkyl halides is 1. The average Bonchev–Trinajstić information content (AvgIpc) is 3.09. The summed E-state index contributed by atoms with van der Waals surface area (Å²) in [7, 11) is 0. The summed E-state index contributed by atoms with van der Waals surface area (Å²) in [5.41, 5.74) is 0.138. The molecule has 0 saturated heterocycles. The van der Waals surface area contributed by atoms with E-state index in [1.165, 1.54) is 12.1 Å². The van der Waals surface area contributed by atoms with Crippen molar-refractivity contribution in [2.75, 3.05) is 12.4 Å². The molecule has 1 saturated carbocycles. The Morgan fingerprint density at radius 3 is 2.69 bits per heavy atom. The maximum absolute atomic E-state index is 13.4. The number of carbonyl (C=O) groups excluding carboxylic acids is 1. The van der Waals surface area contributed by atoms with Crippen LogP contribution >= 0.6 is 11.6 Å². The largest absolute Gasteiger partial charge is 0.334 e. The summed E-state index contributed by atoms with van der Waals surface area (Å²) < 4.78 is 13.4. The number of carbonyl (C=O) groups is 1. The Kier molecular flexibility index (Phi) is 3.44. The Balaban J connectivity index is 2.19. The van der Waals surface area contributed by atoms with Crippen LogP contribution in [0.25, 0.3) is 0 Å². The van der Waals surface area contributed by atoms with Gasteiger partial charge in [0.15, 0.2) is 0 Å². The summed E-state index contributed by atoms with van der Waals surface area (Å²) >= 11 is 5.65. The molecule has 1 aromatic carbocycles. The smallest absolute Gasteiger partial charge is 0.257 e. The monoisotopic (exact) mass is 241 g/mol. The van der Waals surface area contributed by atoms with Gasteiger partial charge in [0.25, 0.3) is 5.91 Å². The van der Waals surface area contributed by atoms with Gasteiger partial charge in [-0.05, 0) is 25.0 Å². The number of hydrogen-bond acceptors (Lipinski definition) is 1. The number of rotatable bonds is 4. The van der Waals surface area contributed by atoms with Gasteiger partial charge in [-0.25, -0.2) is 4.39 Å². The Hall–Kier alpha value is -1.09. The van der Waals surface area contributed by atoms with Crippen LogP contribution in [0.2, 0.25) is 0 Å². The van der Waals surface area contributed by atoms with Crippen LogP contribution in [0.3, 0.4) is 0 Å². The zero-order valence-electron chi connectivity index (χ0n) is 8.83. The molecule has 0 radical (unpaired) electrons. The number of hydrogen-bond donors (Lipinski definition) is 0. The predicted molar refractivity (Wildman–Crippen MR) is 61.2 cm³/mol. The van der Waals surface area contributed by atoms with Gasteiger partial charge in [-0.3, -0.25) is 4.79 Å². The van der Waals surface area contributed by atoms with E-state index in [0.717, 1.165) is 12.8 Å². The molecule has 0 atom stereocenters. The highest BCUT2D eigenvalue weighted by Gasteiger charge is 2.33. The van der Waals surface area contributed by atoms with E-state index in [1.807, 2.05) is 0 Å². The van der Waals surface area contributed by atoms with Gasteiger partial charge in [-0.1, -0.05) is 12.1 Å². The van der Waals surface area contributed by atoms with Gasteiger partial charge in [-0.2, -0.15) is 0 Å². The SMILES string of the molecule is O=C(c1ccccc1F)N(CCCl)C1CC1. The molecule has 0 spiro atoms. The van der Waals surface area contributed by atoms with Crippen molar-refractivity contribution in [2.45, 2.75) is 18.9 Å². The van der Waals surface area contributed by atoms with E-state index < -0.39 is 5.82 Å². The standard InChI is InChI=1S/C12H13ClFNO/c13-7-8-15(9-5-6-9)12(16)10-3-1-2-4-11(10)14/h1-4,9H,5-8H2. The molecule has 2 rings (SSSR count). The molecule has 1 aliphatic rings. The van der Waals surface area contributed by atoms with E-state index in [0.29, 0.717) is 12.4 Å². The van der Waals surface area contributed by atoms with Crippen molar-refractivity contribution in [1.82, 2.24) is 4.90 Å². The summed E-state index contributed by atoms with van der Waals surface area (Å²) in [5.74, 6) is -0.328. The maximum Gasteiger partial charge on any atom is 0.257 e. The zero-order valence-corrected chi connectivity index (χ0v) is 9.58. The molecule has 1 aliphatic carbocycles. The molecule has 86 valence electrons. The first-order valence-corrected chi connectivity index (χ1v) is 5.89. The highest BCUT2D eigenvalue weighted by Crippen LogP contribution is 2.28. The van der Waals surface area contributed by atoms with Crippen LogP contribution in [0.4, 0.5) is 4.39 Å². The quantitative estimate of drug-likeness (QED) is 0.743. The lowest BCUT2D eigenvalue weighted by molar-refractivity contribution is 0.0749. The number of halogens is 2. The lowest BCUT2D eigenvalue weighted by Gasteiger charge is -2.21. The summed E-state index contributed by atoms with van der Waals surface area (Å²) in [5, 5.41) is 0. The maximum atomic E-state index is 13.4. The van der Waals surface area contributed by atoms with Crippen LogP contribution < -0.4 is 0 Å². The minimum Gasteiger partial charge on any atom is -0.334 e. The summed E-state index contributed by atoms with van der Waals surface area (Å²) in [6, 6.07) is 6.32. The number of amides is 1. The van der Waals surface area contributed by atoms with Gasteiger partial charge < -0.3 is 4.90 Å². The topological polar surface area (TPSA) is 20.3 Å². The van der Waals surface area contributed by atoms with E-state index >= 15 is 0 Å². The summed E-state index contributed by atoms with van der Waals surface area (Å²) in [6.07, 6.45) is 1.99. The Bertz CT molecular complexity index is 392. The molecule has 0 N–H and O–H groups in total. The average molecular weight is 242 g/mol. The van der Waals surface area contributed by atoms with E-state index in [9.17, 15) is 9.18 Å². The molecule has 16 heavy (non-hydrogen) atoms. The van der Waals surface area contributed by atoms with E-state index in [2.05, 4.69) is 0 Å². The minimum absolute atomic E-state index is 0.138. The van der Waals surface area contributed by atoms with Crippen LogP contribution in [0.5, 0.6) is 0 Å². The second-order valence-electron chi connectivity index (χ2n) is 3.90. The second kappa shape index (κ2) is 4.83. The number of nitrogens with zero attached hydrogens (tertiary/aromatic N) is 1. The second-order valence-corrected chi connectivity index (χ2v) is 4.28. The van der Waals surface area contributed by atoms with Crippen LogP contribution in [0, 0.1) is 5.82 Å². The molecule has 0 aliphatic heterocycles. The Morgan fingerprint density at radius 1 is 1.44 bits per heavy atom. The van der Waals surface area contributed by atoms with Crippen LogP contribution in [0.15, 0.2) is 24.3 Å². The molecular weight excluding hydrogens is 229 g/mol. The molecule has 4 heteroatoms. The van der Waals surface area contributed by atoms with Crippen molar-refractivity contribution >= 4 is 17.5 Å². The third kappa shape index (κ3) is 2.35. The highest BCUT2D eigenvalue weighted by molar-refractivity contribution is 6.18. The van der Waals surface area contributed by atoms with Crippen molar-refractivity contribution in [1.29, 1.82) is 0 Å². The molecular formula is C12H13ClFNO. The van der Waals surface area contributed by atoms with Gasteiger partial charge >= 0.3 is 0 Å². The van der Waals surface area contributed by atoms with Crippen LogP contribution in [0.1, 0.15) is 23.2 Å². The molecule has 0 bridgehead atoms. The fourth-order valence-corrected chi connectivity index (χ4v) is 1.90. The third-order valence-electron chi connectivity index (χ3n) is 2.68. The van der Waals surface area contributed by atoms with E-state index in [-0.39, 0.29) is 17.5 Å². The molecule has 0 unspecified atom stereocenters. The lowest BCUT2D eigenvalue weighted by atomic mass is 10.2. The van der Waals surface area contributed by atoms with Crippen molar-refractivity contribution in [3.8, 4) is 0 Å². The van der Waals surface area contributed by atoms with Gasteiger partial charge in [0.05, 0.1) is 5.56 Å². The van der Waals surface area contributed by atoms with Gasteiger partial charge in [0.2, 0.25) is 0 Å². The summed E-state index contributed by atoms with van der Waals surface area (Å²) in [4.78, 5) is 13.7. The van der Waals surface area contributed by atoms with Gasteiger partial charge in [-0.15, -0.1) is 11.6 Å². The first-order chi connectivity index (χ1) is 7.74. The molecule has 1 amide bonds. The van der Waals surface area contributed by atoms with Gasteiger partial charge in [0.1, 0.15) is 5.82 Å². The Labute approximate surface area is 99.0 Å².